The van der Waals surface area contributed by atoms with Crippen LogP contribution < -0.4 is 11.1 Å². The van der Waals surface area contributed by atoms with Gasteiger partial charge in [0.15, 0.2) is 0 Å². The summed E-state index contributed by atoms with van der Waals surface area (Å²) in [5.74, 6) is -0.212. The van der Waals surface area contributed by atoms with Crippen molar-refractivity contribution >= 4 is 65.1 Å². The average Bonchev–Trinajstić information content (AvgIpc) is 2.33. The van der Waals surface area contributed by atoms with Crippen LogP contribution in [0.5, 0.6) is 0 Å². The lowest BCUT2D eigenvalue weighted by molar-refractivity contribution is 0.102. The van der Waals surface area contributed by atoms with Crippen molar-refractivity contribution in [3.05, 3.63) is 55.4 Å². The molecule has 0 unspecified atom stereocenters. The summed E-state index contributed by atoms with van der Waals surface area (Å²) >= 11 is 10.2. The highest BCUT2D eigenvalue weighted by Gasteiger charge is 2.12. The monoisotopic (exact) mass is 446 g/mol. The largest absolute Gasteiger partial charge is 0.399 e. The molecule has 0 aliphatic carbocycles. The SMILES string of the molecule is Nc1cccc(C(=O)Nc2c(Br)cc(Br)cc2Br)c1. The number of nitrogen functional groups attached to an aromatic ring is 1. The molecule has 0 bridgehead atoms. The summed E-state index contributed by atoms with van der Waals surface area (Å²) in [4.78, 5) is 12.1. The molecule has 0 spiro atoms. The number of halogens is 3. The second kappa shape index (κ2) is 6.07. The fourth-order valence-electron chi connectivity index (χ4n) is 1.53. The number of hydrogen-bond donors (Lipinski definition) is 2. The van der Waals surface area contributed by atoms with E-state index in [0.29, 0.717) is 16.9 Å². The van der Waals surface area contributed by atoms with E-state index in [2.05, 4.69) is 53.1 Å². The number of anilines is 2. The van der Waals surface area contributed by atoms with Crippen LogP contribution in [0.3, 0.4) is 0 Å². The van der Waals surface area contributed by atoms with E-state index in [4.69, 9.17) is 5.73 Å². The summed E-state index contributed by atoms with van der Waals surface area (Å²) in [7, 11) is 0. The number of nitrogens with two attached hydrogens (primary N) is 1. The first kappa shape index (κ1) is 14.6. The van der Waals surface area contributed by atoms with Gasteiger partial charge in [-0.05, 0) is 62.2 Å². The Kier molecular flexibility index (Phi) is 4.65. The number of carbonyl (C=O) groups excluding carboxylic acids is 1. The van der Waals surface area contributed by atoms with Crippen molar-refractivity contribution in [3.8, 4) is 0 Å². The Bertz CT molecular complexity index is 621. The second-order valence-corrected chi connectivity index (χ2v) is 6.45. The van der Waals surface area contributed by atoms with Gasteiger partial charge in [-0.15, -0.1) is 0 Å². The summed E-state index contributed by atoms with van der Waals surface area (Å²) in [6.45, 7) is 0. The first-order valence-corrected chi connectivity index (χ1v) is 7.66. The summed E-state index contributed by atoms with van der Waals surface area (Å²) in [6, 6.07) is 10.6. The third-order valence-electron chi connectivity index (χ3n) is 2.39. The van der Waals surface area contributed by atoms with Gasteiger partial charge in [0.25, 0.3) is 5.91 Å². The van der Waals surface area contributed by atoms with Gasteiger partial charge in [-0.25, -0.2) is 0 Å². The highest BCUT2D eigenvalue weighted by Crippen LogP contribution is 2.34. The molecule has 0 saturated carbocycles. The maximum absolute atomic E-state index is 12.1. The van der Waals surface area contributed by atoms with Crippen molar-refractivity contribution in [2.75, 3.05) is 11.1 Å². The van der Waals surface area contributed by atoms with Gasteiger partial charge in [-0.2, -0.15) is 0 Å². The molecule has 1 amide bonds. The molecule has 0 aliphatic heterocycles. The summed E-state index contributed by atoms with van der Waals surface area (Å²) in [6.07, 6.45) is 0. The van der Waals surface area contributed by atoms with Crippen molar-refractivity contribution in [1.82, 2.24) is 0 Å². The number of benzene rings is 2. The lowest BCUT2D eigenvalue weighted by Crippen LogP contribution is -2.13. The lowest BCUT2D eigenvalue weighted by Gasteiger charge is -2.10. The van der Waals surface area contributed by atoms with E-state index in [1.165, 1.54) is 0 Å². The molecule has 2 aromatic carbocycles. The first-order valence-electron chi connectivity index (χ1n) is 5.29. The molecule has 6 heteroatoms. The van der Waals surface area contributed by atoms with Gasteiger partial charge in [-0.3, -0.25) is 4.79 Å². The Hall–Kier alpha value is -0.850. The molecule has 2 aromatic rings. The van der Waals surface area contributed by atoms with E-state index in [1.807, 2.05) is 12.1 Å². The Balaban J connectivity index is 2.29. The van der Waals surface area contributed by atoms with Crippen LogP contribution in [0.1, 0.15) is 10.4 Å². The molecule has 0 aromatic heterocycles. The summed E-state index contributed by atoms with van der Waals surface area (Å²) in [5.41, 5.74) is 7.41. The zero-order valence-corrected chi connectivity index (χ0v) is 14.3. The van der Waals surface area contributed by atoms with Crippen molar-refractivity contribution in [3.63, 3.8) is 0 Å². The number of hydrogen-bond acceptors (Lipinski definition) is 2. The highest BCUT2D eigenvalue weighted by molar-refractivity contribution is 9.11. The molecule has 0 atom stereocenters. The van der Waals surface area contributed by atoms with Crippen LogP contribution in [-0.2, 0) is 0 Å². The number of rotatable bonds is 2. The maximum atomic E-state index is 12.1. The minimum Gasteiger partial charge on any atom is -0.399 e. The molecule has 3 N–H and O–H groups in total. The summed E-state index contributed by atoms with van der Waals surface area (Å²) in [5, 5.41) is 2.84. The molecule has 0 fully saturated rings. The Labute approximate surface area is 136 Å². The molecule has 2 rings (SSSR count). The molecule has 19 heavy (non-hydrogen) atoms. The van der Waals surface area contributed by atoms with Crippen LogP contribution in [0.25, 0.3) is 0 Å². The van der Waals surface area contributed by atoms with Crippen LogP contribution in [-0.4, -0.2) is 5.91 Å². The average molecular weight is 449 g/mol. The third kappa shape index (κ3) is 3.58. The zero-order valence-electron chi connectivity index (χ0n) is 9.58. The predicted octanol–water partition coefficient (Wildman–Crippen LogP) is 4.81. The van der Waals surface area contributed by atoms with E-state index in [9.17, 15) is 4.79 Å². The van der Waals surface area contributed by atoms with Crippen LogP contribution in [0.15, 0.2) is 49.8 Å². The smallest absolute Gasteiger partial charge is 0.255 e. The minimum absolute atomic E-state index is 0.212. The molecular weight excluding hydrogens is 440 g/mol. The number of amides is 1. The molecule has 98 valence electrons. The molecule has 0 heterocycles. The first-order chi connectivity index (χ1) is 8.97. The Morgan fingerprint density at radius 1 is 1.05 bits per heavy atom. The van der Waals surface area contributed by atoms with E-state index >= 15 is 0 Å². The fraction of sp³-hybridized carbons (Fsp3) is 0. The van der Waals surface area contributed by atoms with E-state index in [0.717, 1.165) is 13.4 Å². The van der Waals surface area contributed by atoms with E-state index < -0.39 is 0 Å². The van der Waals surface area contributed by atoms with E-state index in [1.54, 1.807) is 24.3 Å². The van der Waals surface area contributed by atoms with Crippen molar-refractivity contribution in [2.24, 2.45) is 0 Å². The van der Waals surface area contributed by atoms with Crippen molar-refractivity contribution in [1.29, 1.82) is 0 Å². The van der Waals surface area contributed by atoms with Gasteiger partial charge in [-0.1, -0.05) is 22.0 Å². The summed E-state index contributed by atoms with van der Waals surface area (Å²) < 4.78 is 2.48. The van der Waals surface area contributed by atoms with Gasteiger partial charge in [0.05, 0.1) is 5.69 Å². The zero-order chi connectivity index (χ0) is 14.0. The van der Waals surface area contributed by atoms with Crippen LogP contribution in [0.2, 0.25) is 0 Å². The topological polar surface area (TPSA) is 55.1 Å². The quantitative estimate of drug-likeness (QED) is 0.648. The van der Waals surface area contributed by atoms with Gasteiger partial charge >= 0.3 is 0 Å². The van der Waals surface area contributed by atoms with Gasteiger partial charge in [0.2, 0.25) is 0 Å². The normalized spacial score (nSPS) is 10.3. The fourth-order valence-corrected chi connectivity index (χ4v) is 3.98. The molecule has 0 aliphatic rings. The Morgan fingerprint density at radius 3 is 2.26 bits per heavy atom. The highest BCUT2D eigenvalue weighted by atomic mass is 79.9. The minimum atomic E-state index is -0.212. The molecule has 0 saturated heterocycles. The number of nitrogens with one attached hydrogen (secondary N) is 1. The van der Waals surface area contributed by atoms with Crippen LogP contribution in [0, 0.1) is 0 Å². The van der Waals surface area contributed by atoms with Crippen molar-refractivity contribution < 1.29 is 4.79 Å². The maximum Gasteiger partial charge on any atom is 0.255 e. The number of carbonyl (C=O) groups is 1. The third-order valence-corrected chi connectivity index (χ3v) is 4.10. The van der Waals surface area contributed by atoms with Crippen LogP contribution in [0.4, 0.5) is 11.4 Å². The van der Waals surface area contributed by atoms with Crippen molar-refractivity contribution in [2.45, 2.75) is 0 Å². The standard InChI is InChI=1S/C13H9Br3N2O/c14-8-5-10(15)12(11(16)6-8)18-13(19)7-2-1-3-9(17)4-7/h1-6H,17H2,(H,18,19). The van der Waals surface area contributed by atoms with Gasteiger partial charge in [0.1, 0.15) is 0 Å². The lowest BCUT2D eigenvalue weighted by atomic mass is 10.2. The Morgan fingerprint density at radius 2 is 1.68 bits per heavy atom. The molecule has 0 radical (unpaired) electrons. The van der Waals surface area contributed by atoms with Gasteiger partial charge in [0, 0.05) is 24.7 Å². The predicted molar refractivity (Wildman–Crippen MR) is 88.3 cm³/mol. The van der Waals surface area contributed by atoms with Gasteiger partial charge < -0.3 is 11.1 Å². The molecular formula is C13H9Br3N2O. The van der Waals surface area contributed by atoms with Crippen LogP contribution >= 0.6 is 47.8 Å². The van der Waals surface area contributed by atoms with E-state index in [-0.39, 0.29) is 5.91 Å². The molecule has 3 nitrogen and oxygen atoms in total. The second-order valence-electron chi connectivity index (χ2n) is 3.82.